The first-order valence-electron chi connectivity index (χ1n) is 5.59. The molecule has 2 N–H and O–H groups in total. The van der Waals surface area contributed by atoms with Gasteiger partial charge < -0.3 is 10.6 Å². The van der Waals surface area contributed by atoms with Gasteiger partial charge in [0, 0.05) is 22.5 Å². The normalized spacial score (nSPS) is 19.7. The average molecular weight is 315 g/mol. The molecule has 1 aromatic rings. The van der Waals surface area contributed by atoms with Crippen LogP contribution in [-0.4, -0.2) is 30.4 Å². The van der Waals surface area contributed by atoms with Gasteiger partial charge in [0.2, 0.25) is 0 Å². The number of hydrogen-bond acceptors (Lipinski definition) is 3. The molecule has 0 saturated carbocycles. The molecule has 92 valence electrons. The van der Waals surface area contributed by atoms with Gasteiger partial charge in [-0.2, -0.15) is 0 Å². The molecule has 2 rings (SSSR count). The summed E-state index contributed by atoms with van der Waals surface area (Å²) in [7, 11) is 0. The van der Waals surface area contributed by atoms with E-state index in [1.807, 2.05) is 17.0 Å². The van der Waals surface area contributed by atoms with E-state index >= 15 is 0 Å². The van der Waals surface area contributed by atoms with Gasteiger partial charge in [0.1, 0.15) is 0 Å². The van der Waals surface area contributed by atoms with Crippen molar-refractivity contribution in [3.63, 3.8) is 0 Å². The lowest BCUT2D eigenvalue weighted by Gasteiger charge is -2.17. The Balaban J connectivity index is 2.17. The summed E-state index contributed by atoms with van der Waals surface area (Å²) in [5.41, 5.74) is 6.31. The van der Waals surface area contributed by atoms with Gasteiger partial charge in [0.05, 0.1) is 5.56 Å². The molecule has 1 saturated heterocycles. The summed E-state index contributed by atoms with van der Waals surface area (Å²) < 4.78 is 0.816. The lowest BCUT2D eigenvalue weighted by molar-refractivity contribution is 0.0786. The number of thiol groups is 1. The third kappa shape index (κ3) is 2.84. The highest BCUT2D eigenvalue weighted by Crippen LogP contribution is 2.24. The van der Waals surface area contributed by atoms with Crippen molar-refractivity contribution < 1.29 is 4.79 Å². The molecular formula is C12H15BrN2OS. The van der Waals surface area contributed by atoms with Gasteiger partial charge in [-0.15, -0.1) is 12.6 Å². The first-order chi connectivity index (χ1) is 8.11. The van der Waals surface area contributed by atoms with Gasteiger partial charge in [0.25, 0.3) is 5.91 Å². The van der Waals surface area contributed by atoms with Crippen molar-refractivity contribution >= 4 is 34.5 Å². The molecule has 0 aliphatic carbocycles. The van der Waals surface area contributed by atoms with E-state index in [0.29, 0.717) is 18.0 Å². The van der Waals surface area contributed by atoms with Gasteiger partial charge in [-0.1, -0.05) is 0 Å². The molecule has 0 aromatic heterocycles. The first-order valence-corrected chi connectivity index (χ1v) is 6.83. The summed E-state index contributed by atoms with van der Waals surface area (Å²) in [6.07, 6.45) is 1.00. The predicted molar refractivity (Wildman–Crippen MR) is 74.5 cm³/mol. The SMILES string of the molecule is NCC1CCN(C(=O)c2cc(S)ccc2Br)C1. The third-order valence-electron chi connectivity index (χ3n) is 3.09. The van der Waals surface area contributed by atoms with Crippen molar-refractivity contribution in [3.05, 3.63) is 28.2 Å². The number of carbonyl (C=O) groups excluding carboxylic acids is 1. The Bertz CT molecular complexity index is 439. The van der Waals surface area contributed by atoms with Crippen LogP contribution in [0.4, 0.5) is 0 Å². The van der Waals surface area contributed by atoms with E-state index < -0.39 is 0 Å². The molecule has 1 amide bonds. The predicted octanol–water partition coefficient (Wildman–Crippen LogP) is 2.16. The van der Waals surface area contributed by atoms with Crippen LogP contribution in [0.25, 0.3) is 0 Å². The number of likely N-dealkylation sites (tertiary alicyclic amines) is 1. The fourth-order valence-corrected chi connectivity index (χ4v) is 2.68. The highest BCUT2D eigenvalue weighted by atomic mass is 79.9. The van der Waals surface area contributed by atoms with E-state index in [2.05, 4.69) is 28.6 Å². The van der Waals surface area contributed by atoms with Crippen molar-refractivity contribution in [1.82, 2.24) is 4.90 Å². The molecule has 1 unspecified atom stereocenters. The number of carbonyl (C=O) groups is 1. The summed E-state index contributed by atoms with van der Waals surface area (Å²) in [5, 5.41) is 0. The van der Waals surface area contributed by atoms with Crippen molar-refractivity contribution in [2.75, 3.05) is 19.6 Å². The summed E-state index contributed by atoms with van der Waals surface area (Å²) in [6.45, 7) is 2.21. The highest BCUT2D eigenvalue weighted by molar-refractivity contribution is 9.10. The zero-order valence-corrected chi connectivity index (χ0v) is 11.9. The molecule has 1 fully saturated rings. The van der Waals surface area contributed by atoms with Crippen LogP contribution in [-0.2, 0) is 0 Å². The molecule has 1 aliphatic rings. The summed E-state index contributed by atoms with van der Waals surface area (Å²) in [5.74, 6) is 0.501. The van der Waals surface area contributed by atoms with Crippen LogP contribution >= 0.6 is 28.6 Å². The number of nitrogens with two attached hydrogens (primary N) is 1. The zero-order valence-electron chi connectivity index (χ0n) is 9.40. The third-order valence-corrected chi connectivity index (χ3v) is 4.06. The molecule has 5 heteroatoms. The Labute approximate surface area is 115 Å². The molecule has 1 aliphatic heterocycles. The van der Waals surface area contributed by atoms with Gasteiger partial charge >= 0.3 is 0 Å². The largest absolute Gasteiger partial charge is 0.338 e. The number of nitrogens with zero attached hydrogens (tertiary/aromatic N) is 1. The van der Waals surface area contributed by atoms with Crippen LogP contribution in [0.1, 0.15) is 16.8 Å². The van der Waals surface area contributed by atoms with Gasteiger partial charge in [-0.25, -0.2) is 0 Å². The number of rotatable bonds is 2. The molecule has 0 bridgehead atoms. The van der Waals surface area contributed by atoms with Gasteiger partial charge in [-0.05, 0) is 53.0 Å². The van der Waals surface area contributed by atoms with E-state index in [9.17, 15) is 4.79 Å². The number of halogens is 1. The molecule has 3 nitrogen and oxygen atoms in total. The average Bonchev–Trinajstić information content (AvgIpc) is 2.80. The summed E-state index contributed by atoms with van der Waals surface area (Å²) in [6, 6.07) is 5.51. The van der Waals surface area contributed by atoms with Crippen LogP contribution < -0.4 is 5.73 Å². The molecule has 0 radical (unpaired) electrons. The Kier molecular flexibility index (Phi) is 4.12. The summed E-state index contributed by atoms with van der Waals surface area (Å²) >= 11 is 7.67. The Hall–Kier alpha value is -0.520. The second kappa shape index (κ2) is 5.42. The smallest absolute Gasteiger partial charge is 0.255 e. The van der Waals surface area contributed by atoms with Crippen LogP contribution in [0.15, 0.2) is 27.6 Å². The van der Waals surface area contributed by atoms with Crippen LogP contribution in [0.3, 0.4) is 0 Å². The Morgan fingerprint density at radius 3 is 3.00 bits per heavy atom. The minimum Gasteiger partial charge on any atom is -0.338 e. The van der Waals surface area contributed by atoms with E-state index in [-0.39, 0.29) is 5.91 Å². The Morgan fingerprint density at radius 2 is 2.35 bits per heavy atom. The quantitative estimate of drug-likeness (QED) is 0.822. The highest BCUT2D eigenvalue weighted by Gasteiger charge is 2.26. The first kappa shape index (κ1) is 12.9. The molecule has 0 spiro atoms. The van der Waals surface area contributed by atoms with Crippen molar-refractivity contribution in [3.8, 4) is 0 Å². The van der Waals surface area contributed by atoms with E-state index in [0.717, 1.165) is 28.9 Å². The minimum absolute atomic E-state index is 0.0590. The maximum atomic E-state index is 12.3. The topological polar surface area (TPSA) is 46.3 Å². The molecule has 1 heterocycles. The van der Waals surface area contributed by atoms with Gasteiger partial charge in [-0.3, -0.25) is 4.79 Å². The van der Waals surface area contributed by atoms with Crippen LogP contribution in [0.2, 0.25) is 0 Å². The summed E-state index contributed by atoms with van der Waals surface area (Å²) in [4.78, 5) is 15.0. The monoisotopic (exact) mass is 314 g/mol. The van der Waals surface area contributed by atoms with E-state index in [1.54, 1.807) is 6.07 Å². The zero-order chi connectivity index (χ0) is 12.4. The van der Waals surface area contributed by atoms with E-state index in [4.69, 9.17) is 5.73 Å². The molecule has 1 atom stereocenters. The lowest BCUT2D eigenvalue weighted by Crippen LogP contribution is -2.30. The Morgan fingerprint density at radius 1 is 1.59 bits per heavy atom. The van der Waals surface area contributed by atoms with Crippen molar-refractivity contribution in [2.45, 2.75) is 11.3 Å². The molecular weight excluding hydrogens is 300 g/mol. The fourth-order valence-electron chi connectivity index (χ4n) is 2.06. The number of amides is 1. The van der Waals surface area contributed by atoms with Crippen molar-refractivity contribution in [2.24, 2.45) is 11.7 Å². The fraction of sp³-hybridized carbons (Fsp3) is 0.417. The molecule has 1 aromatic carbocycles. The van der Waals surface area contributed by atoms with Crippen LogP contribution in [0.5, 0.6) is 0 Å². The number of hydrogen-bond donors (Lipinski definition) is 2. The number of benzene rings is 1. The van der Waals surface area contributed by atoms with Crippen LogP contribution in [0, 0.1) is 5.92 Å². The standard InChI is InChI=1S/C12H15BrN2OS/c13-11-2-1-9(17)5-10(11)12(16)15-4-3-8(6-14)7-15/h1-2,5,8,17H,3-4,6-7,14H2. The lowest BCUT2D eigenvalue weighted by atomic mass is 10.1. The van der Waals surface area contributed by atoms with Crippen molar-refractivity contribution in [1.29, 1.82) is 0 Å². The van der Waals surface area contributed by atoms with Gasteiger partial charge in [0.15, 0.2) is 0 Å². The maximum Gasteiger partial charge on any atom is 0.255 e. The molecule has 17 heavy (non-hydrogen) atoms. The second-order valence-electron chi connectivity index (χ2n) is 4.31. The minimum atomic E-state index is 0.0590. The van der Waals surface area contributed by atoms with E-state index in [1.165, 1.54) is 0 Å². The second-order valence-corrected chi connectivity index (χ2v) is 5.68. The maximum absolute atomic E-state index is 12.3.